The lowest BCUT2D eigenvalue weighted by Crippen LogP contribution is -2.20. The van der Waals surface area contributed by atoms with Crippen LogP contribution in [0.25, 0.3) is 0 Å². The lowest BCUT2D eigenvalue weighted by molar-refractivity contribution is -0.149. The van der Waals surface area contributed by atoms with Crippen LogP contribution >= 0.6 is 0 Å². The Balaban J connectivity index is 2.08. The summed E-state index contributed by atoms with van der Waals surface area (Å²) >= 11 is 0. The van der Waals surface area contributed by atoms with Crippen molar-refractivity contribution in [2.75, 3.05) is 6.61 Å². The zero-order valence-electron chi connectivity index (χ0n) is 8.09. The summed E-state index contributed by atoms with van der Waals surface area (Å²) in [5.74, 6) is -0.923. The highest BCUT2D eigenvalue weighted by atomic mass is 16.5. The van der Waals surface area contributed by atoms with Crippen molar-refractivity contribution in [2.24, 2.45) is 0 Å². The van der Waals surface area contributed by atoms with Gasteiger partial charge in [-0.15, -0.1) is 0 Å². The molecular formula is C9H14N2O3. The molecule has 1 rings (SSSR count). The summed E-state index contributed by atoms with van der Waals surface area (Å²) in [6.07, 6.45) is 5.36. The number of aliphatic carboxylic acids is 1. The predicted molar refractivity (Wildman–Crippen MR) is 49.9 cm³/mol. The molecule has 0 aliphatic carbocycles. The summed E-state index contributed by atoms with van der Waals surface area (Å²) in [7, 11) is 0. The maximum absolute atomic E-state index is 10.4. The Labute approximate surface area is 82.3 Å². The monoisotopic (exact) mass is 198 g/mol. The molecule has 0 aliphatic heterocycles. The predicted octanol–water partition coefficient (Wildman–Crippen LogP) is 0.763. The Morgan fingerprint density at radius 1 is 1.71 bits per heavy atom. The normalized spacial score (nSPS) is 12.6. The standard InChI is InChI=1S/C9H14N2O3/c1-8(9(12)13)14-6-2-4-11-5-3-10-7-11/h3,5,7-8H,2,4,6H2,1H3,(H,12,13). The minimum atomic E-state index is -0.923. The SMILES string of the molecule is CC(OCCCn1ccnc1)C(=O)O. The second-order valence-electron chi connectivity index (χ2n) is 3.01. The van der Waals surface area contributed by atoms with E-state index in [-0.39, 0.29) is 0 Å². The first kappa shape index (κ1) is 10.7. The number of hydrogen-bond donors (Lipinski definition) is 1. The molecule has 0 saturated carbocycles. The van der Waals surface area contributed by atoms with Crippen LogP contribution in [-0.4, -0.2) is 33.3 Å². The van der Waals surface area contributed by atoms with Gasteiger partial charge in [0.1, 0.15) is 0 Å². The van der Waals surface area contributed by atoms with Crippen LogP contribution in [0.4, 0.5) is 0 Å². The Morgan fingerprint density at radius 2 is 2.50 bits per heavy atom. The quantitative estimate of drug-likeness (QED) is 0.685. The van der Waals surface area contributed by atoms with Gasteiger partial charge >= 0.3 is 5.97 Å². The third-order valence-corrected chi connectivity index (χ3v) is 1.84. The summed E-state index contributed by atoms with van der Waals surface area (Å²) in [5.41, 5.74) is 0. The highest BCUT2D eigenvalue weighted by molar-refractivity contribution is 5.71. The van der Waals surface area contributed by atoms with E-state index in [1.807, 2.05) is 10.8 Å². The average Bonchev–Trinajstić information content (AvgIpc) is 2.64. The van der Waals surface area contributed by atoms with Crippen LogP contribution in [0.1, 0.15) is 13.3 Å². The smallest absolute Gasteiger partial charge is 0.332 e. The first-order valence-corrected chi connectivity index (χ1v) is 4.50. The van der Waals surface area contributed by atoms with Crippen molar-refractivity contribution >= 4 is 5.97 Å². The lowest BCUT2D eigenvalue weighted by Gasteiger charge is -2.08. The minimum absolute atomic E-state index is 0.450. The zero-order chi connectivity index (χ0) is 10.4. The fraction of sp³-hybridized carbons (Fsp3) is 0.556. The zero-order valence-corrected chi connectivity index (χ0v) is 8.09. The number of rotatable bonds is 6. The molecule has 0 aliphatic rings. The molecule has 1 unspecified atom stereocenters. The van der Waals surface area contributed by atoms with Gasteiger partial charge in [0.05, 0.1) is 6.33 Å². The molecule has 0 bridgehead atoms. The van der Waals surface area contributed by atoms with Gasteiger partial charge in [-0.25, -0.2) is 9.78 Å². The molecule has 78 valence electrons. The Hall–Kier alpha value is -1.36. The first-order chi connectivity index (χ1) is 6.70. The highest BCUT2D eigenvalue weighted by Crippen LogP contribution is 1.95. The third-order valence-electron chi connectivity index (χ3n) is 1.84. The molecule has 0 radical (unpaired) electrons. The molecule has 0 aromatic carbocycles. The van der Waals surface area contributed by atoms with E-state index in [1.54, 1.807) is 12.5 Å². The summed E-state index contributed by atoms with van der Waals surface area (Å²) in [4.78, 5) is 14.3. The first-order valence-electron chi connectivity index (χ1n) is 4.50. The molecular weight excluding hydrogens is 184 g/mol. The van der Waals surface area contributed by atoms with Gasteiger partial charge < -0.3 is 14.4 Å². The van der Waals surface area contributed by atoms with Gasteiger partial charge in [0.2, 0.25) is 0 Å². The van der Waals surface area contributed by atoms with Crippen LogP contribution in [0.15, 0.2) is 18.7 Å². The van der Waals surface area contributed by atoms with Crippen LogP contribution in [0.5, 0.6) is 0 Å². The van der Waals surface area contributed by atoms with Crippen molar-refractivity contribution in [2.45, 2.75) is 26.0 Å². The van der Waals surface area contributed by atoms with E-state index in [2.05, 4.69) is 4.98 Å². The number of aromatic nitrogens is 2. The number of aryl methyl sites for hydroxylation is 1. The van der Waals surface area contributed by atoms with Crippen molar-refractivity contribution in [3.05, 3.63) is 18.7 Å². The van der Waals surface area contributed by atoms with E-state index in [0.29, 0.717) is 6.61 Å². The second kappa shape index (κ2) is 5.39. The molecule has 1 aromatic heterocycles. The number of nitrogens with zero attached hydrogens (tertiary/aromatic N) is 2. The largest absolute Gasteiger partial charge is 0.479 e. The molecule has 0 saturated heterocycles. The minimum Gasteiger partial charge on any atom is -0.479 e. The molecule has 1 aromatic rings. The van der Waals surface area contributed by atoms with Crippen molar-refractivity contribution < 1.29 is 14.6 Å². The van der Waals surface area contributed by atoms with Gasteiger partial charge in [0, 0.05) is 25.5 Å². The maximum Gasteiger partial charge on any atom is 0.332 e. The van der Waals surface area contributed by atoms with Crippen LogP contribution < -0.4 is 0 Å². The molecule has 0 fully saturated rings. The van der Waals surface area contributed by atoms with Gasteiger partial charge in [0.25, 0.3) is 0 Å². The molecule has 0 amide bonds. The molecule has 5 heteroatoms. The van der Waals surface area contributed by atoms with E-state index in [9.17, 15) is 4.79 Å². The van der Waals surface area contributed by atoms with E-state index < -0.39 is 12.1 Å². The number of hydrogen-bond acceptors (Lipinski definition) is 3. The van der Waals surface area contributed by atoms with Crippen molar-refractivity contribution in [1.29, 1.82) is 0 Å². The molecule has 1 N–H and O–H groups in total. The second-order valence-corrected chi connectivity index (χ2v) is 3.01. The van der Waals surface area contributed by atoms with Gasteiger partial charge in [-0.3, -0.25) is 0 Å². The number of imidazole rings is 1. The third kappa shape index (κ3) is 3.57. The van der Waals surface area contributed by atoms with E-state index in [1.165, 1.54) is 6.92 Å². The number of carboxylic acid groups (broad SMARTS) is 1. The van der Waals surface area contributed by atoms with Gasteiger partial charge in [-0.2, -0.15) is 0 Å². The molecule has 14 heavy (non-hydrogen) atoms. The van der Waals surface area contributed by atoms with E-state index in [0.717, 1.165) is 13.0 Å². The number of ether oxygens (including phenoxy) is 1. The average molecular weight is 198 g/mol. The van der Waals surface area contributed by atoms with Crippen LogP contribution in [0.3, 0.4) is 0 Å². The number of carboxylic acids is 1. The summed E-state index contributed by atoms with van der Waals surface area (Å²) in [6.45, 7) is 2.78. The lowest BCUT2D eigenvalue weighted by atomic mass is 10.4. The summed E-state index contributed by atoms with van der Waals surface area (Å²) < 4.78 is 6.99. The van der Waals surface area contributed by atoms with Crippen LogP contribution in [-0.2, 0) is 16.1 Å². The molecule has 1 heterocycles. The van der Waals surface area contributed by atoms with Crippen LogP contribution in [0.2, 0.25) is 0 Å². The fourth-order valence-electron chi connectivity index (χ4n) is 0.998. The highest BCUT2D eigenvalue weighted by Gasteiger charge is 2.09. The van der Waals surface area contributed by atoms with Crippen molar-refractivity contribution in [3.63, 3.8) is 0 Å². The van der Waals surface area contributed by atoms with E-state index in [4.69, 9.17) is 9.84 Å². The van der Waals surface area contributed by atoms with E-state index >= 15 is 0 Å². The maximum atomic E-state index is 10.4. The summed E-state index contributed by atoms with van der Waals surface area (Å²) in [6, 6.07) is 0. The summed E-state index contributed by atoms with van der Waals surface area (Å²) in [5, 5.41) is 8.53. The Bertz CT molecular complexity index is 272. The van der Waals surface area contributed by atoms with Crippen LogP contribution in [0, 0.1) is 0 Å². The molecule has 5 nitrogen and oxygen atoms in total. The topological polar surface area (TPSA) is 64.4 Å². The number of carbonyl (C=O) groups is 1. The molecule has 1 atom stereocenters. The van der Waals surface area contributed by atoms with Crippen molar-refractivity contribution in [1.82, 2.24) is 9.55 Å². The van der Waals surface area contributed by atoms with Crippen molar-refractivity contribution in [3.8, 4) is 0 Å². The Kier molecular flexibility index (Phi) is 4.12. The fourth-order valence-corrected chi connectivity index (χ4v) is 0.998. The Morgan fingerprint density at radius 3 is 3.07 bits per heavy atom. The van der Waals surface area contributed by atoms with Gasteiger partial charge in [-0.05, 0) is 13.3 Å². The van der Waals surface area contributed by atoms with Gasteiger partial charge in [0.15, 0.2) is 6.10 Å². The molecule has 0 spiro atoms. The van der Waals surface area contributed by atoms with Gasteiger partial charge in [-0.1, -0.05) is 0 Å².